The molecule has 6 heteroatoms. The zero-order valence-corrected chi connectivity index (χ0v) is 21.0. The van der Waals surface area contributed by atoms with Crippen LogP contribution in [0.25, 0.3) is 0 Å². The number of nitrogens with zero attached hydrogens (tertiary/aromatic N) is 2. The first kappa shape index (κ1) is 26.4. The highest BCUT2D eigenvalue weighted by Crippen LogP contribution is 2.27. The molecule has 2 amide bonds. The maximum Gasteiger partial charge on any atom is 0.247 e. The molecule has 1 aromatic heterocycles. The van der Waals surface area contributed by atoms with Gasteiger partial charge in [0.2, 0.25) is 11.8 Å². The SMILES string of the molecule is C=CC=C(C)CN(C(=O)CNCc1ccncc1)C(C(=O)NC1CCCCC1)c1ccccc1C. The Hall–Kier alpha value is -3.25. The van der Waals surface area contributed by atoms with Crippen molar-refractivity contribution in [3.63, 3.8) is 0 Å². The van der Waals surface area contributed by atoms with E-state index in [0.717, 1.165) is 47.9 Å². The lowest BCUT2D eigenvalue weighted by Gasteiger charge is -2.34. The van der Waals surface area contributed by atoms with Crippen molar-refractivity contribution in [1.29, 1.82) is 0 Å². The van der Waals surface area contributed by atoms with Crippen LogP contribution in [0.1, 0.15) is 61.8 Å². The molecule has 1 aromatic carbocycles. The Balaban J connectivity index is 1.87. The monoisotopic (exact) mass is 474 g/mol. The van der Waals surface area contributed by atoms with E-state index in [4.69, 9.17) is 0 Å². The van der Waals surface area contributed by atoms with Gasteiger partial charge < -0.3 is 15.5 Å². The number of pyridine rings is 1. The van der Waals surface area contributed by atoms with Crippen LogP contribution in [-0.4, -0.2) is 40.8 Å². The average molecular weight is 475 g/mol. The number of rotatable bonds is 11. The second-order valence-electron chi connectivity index (χ2n) is 9.33. The first-order valence-electron chi connectivity index (χ1n) is 12.5. The second kappa shape index (κ2) is 13.6. The fraction of sp³-hybridized carbons (Fsp3) is 0.414. The maximum atomic E-state index is 13.8. The number of carbonyl (C=O) groups is 2. The van der Waals surface area contributed by atoms with E-state index in [0.29, 0.717) is 13.1 Å². The van der Waals surface area contributed by atoms with Gasteiger partial charge in [0.05, 0.1) is 6.54 Å². The molecule has 6 nitrogen and oxygen atoms in total. The van der Waals surface area contributed by atoms with E-state index in [1.54, 1.807) is 23.4 Å². The van der Waals surface area contributed by atoms with Crippen molar-refractivity contribution in [2.45, 2.75) is 64.6 Å². The molecule has 0 saturated heterocycles. The highest BCUT2D eigenvalue weighted by Gasteiger charge is 2.33. The fourth-order valence-electron chi connectivity index (χ4n) is 4.63. The predicted molar refractivity (Wildman–Crippen MR) is 141 cm³/mol. The first-order chi connectivity index (χ1) is 17.0. The Labute approximate surface area is 209 Å². The van der Waals surface area contributed by atoms with Crippen molar-refractivity contribution in [3.8, 4) is 0 Å². The fourth-order valence-corrected chi connectivity index (χ4v) is 4.63. The zero-order valence-electron chi connectivity index (χ0n) is 21.0. The Morgan fingerprint density at radius 2 is 1.86 bits per heavy atom. The number of benzene rings is 1. The topological polar surface area (TPSA) is 74.3 Å². The summed E-state index contributed by atoms with van der Waals surface area (Å²) in [6.07, 6.45) is 12.5. The van der Waals surface area contributed by atoms with Gasteiger partial charge in [0, 0.05) is 31.5 Å². The third-order valence-electron chi connectivity index (χ3n) is 6.49. The third-order valence-corrected chi connectivity index (χ3v) is 6.49. The quantitative estimate of drug-likeness (QED) is 0.466. The summed E-state index contributed by atoms with van der Waals surface area (Å²) < 4.78 is 0. The number of nitrogens with one attached hydrogen (secondary N) is 2. The molecule has 1 unspecified atom stereocenters. The van der Waals surface area contributed by atoms with Crippen LogP contribution in [0.3, 0.4) is 0 Å². The van der Waals surface area contributed by atoms with E-state index in [9.17, 15) is 9.59 Å². The maximum absolute atomic E-state index is 13.8. The summed E-state index contributed by atoms with van der Waals surface area (Å²) in [7, 11) is 0. The van der Waals surface area contributed by atoms with Crippen LogP contribution >= 0.6 is 0 Å². The molecule has 0 spiro atoms. The van der Waals surface area contributed by atoms with E-state index >= 15 is 0 Å². The molecule has 2 N–H and O–H groups in total. The van der Waals surface area contributed by atoms with Crippen molar-refractivity contribution in [2.24, 2.45) is 0 Å². The molecule has 1 atom stereocenters. The number of carbonyl (C=O) groups excluding carboxylic acids is 2. The van der Waals surface area contributed by atoms with Crippen LogP contribution in [0.5, 0.6) is 0 Å². The van der Waals surface area contributed by atoms with Gasteiger partial charge in [-0.05, 0) is 55.5 Å². The first-order valence-corrected chi connectivity index (χ1v) is 12.5. The summed E-state index contributed by atoms with van der Waals surface area (Å²) in [4.78, 5) is 33.1. The van der Waals surface area contributed by atoms with E-state index in [2.05, 4.69) is 22.2 Å². The molecule has 0 bridgehead atoms. The third kappa shape index (κ3) is 7.89. The van der Waals surface area contributed by atoms with E-state index in [1.807, 2.05) is 56.3 Å². The number of aromatic nitrogens is 1. The summed E-state index contributed by atoms with van der Waals surface area (Å²) in [6, 6.07) is 11.1. The Morgan fingerprint density at radius 3 is 2.54 bits per heavy atom. The van der Waals surface area contributed by atoms with E-state index in [-0.39, 0.29) is 24.4 Å². The Morgan fingerprint density at radius 1 is 1.14 bits per heavy atom. The lowest BCUT2D eigenvalue weighted by Crippen LogP contribution is -2.49. The molecule has 35 heavy (non-hydrogen) atoms. The van der Waals surface area contributed by atoms with Crippen LogP contribution in [0.2, 0.25) is 0 Å². The predicted octanol–water partition coefficient (Wildman–Crippen LogP) is 4.63. The molecule has 0 radical (unpaired) electrons. The molecule has 1 aliphatic rings. The van der Waals surface area contributed by atoms with Crippen LogP contribution in [0.4, 0.5) is 0 Å². The molecule has 186 valence electrons. The minimum absolute atomic E-state index is 0.111. The van der Waals surface area contributed by atoms with Crippen molar-refractivity contribution in [2.75, 3.05) is 13.1 Å². The Kier molecular flexibility index (Phi) is 10.2. The van der Waals surface area contributed by atoms with Gasteiger partial charge >= 0.3 is 0 Å². The van der Waals surface area contributed by atoms with Gasteiger partial charge in [-0.1, -0.05) is 67.8 Å². The normalized spacial score (nSPS) is 15.3. The van der Waals surface area contributed by atoms with E-state index in [1.165, 1.54) is 6.42 Å². The van der Waals surface area contributed by atoms with Gasteiger partial charge in [-0.3, -0.25) is 14.6 Å². The largest absolute Gasteiger partial charge is 0.351 e. The molecular formula is C29H38N4O2. The zero-order chi connectivity index (χ0) is 25.0. The van der Waals surface area contributed by atoms with Crippen LogP contribution in [0.15, 0.2) is 73.1 Å². The number of amides is 2. The summed E-state index contributed by atoms with van der Waals surface area (Å²) >= 11 is 0. The smallest absolute Gasteiger partial charge is 0.247 e. The lowest BCUT2D eigenvalue weighted by atomic mass is 9.93. The van der Waals surface area contributed by atoms with Crippen molar-refractivity contribution in [3.05, 3.63) is 89.8 Å². The van der Waals surface area contributed by atoms with Crippen LogP contribution < -0.4 is 10.6 Å². The summed E-state index contributed by atoms with van der Waals surface area (Å²) in [5.74, 6) is -0.233. The Bertz CT molecular complexity index is 1010. The van der Waals surface area contributed by atoms with E-state index < -0.39 is 6.04 Å². The van der Waals surface area contributed by atoms with Gasteiger partial charge in [-0.2, -0.15) is 0 Å². The van der Waals surface area contributed by atoms with Gasteiger partial charge in [0.25, 0.3) is 0 Å². The average Bonchev–Trinajstić information content (AvgIpc) is 2.86. The highest BCUT2D eigenvalue weighted by atomic mass is 16.2. The summed E-state index contributed by atoms with van der Waals surface area (Å²) in [5, 5.41) is 6.51. The van der Waals surface area contributed by atoms with Crippen molar-refractivity contribution >= 4 is 11.8 Å². The molecule has 1 saturated carbocycles. The van der Waals surface area contributed by atoms with Gasteiger partial charge in [-0.15, -0.1) is 0 Å². The molecule has 2 aromatic rings. The molecule has 1 heterocycles. The number of hydrogen-bond donors (Lipinski definition) is 2. The van der Waals surface area contributed by atoms with Crippen molar-refractivity contribution in [1.82, 2.24) is 20.5 Å². The second-order valence-corrected chi connectivity index (χ2v) is 9.33. The molecule has 3 rings (SSSR count). The minimum Gasteiger partial charge on any atom is -0.351 e. The molecule has 1 aliphatic carbocycles. The van der Waals surface area contributed by atoms with Gasteiger partial charge in [0.15, 0.2) is 0 Å². The van der Waals surface area contributed by atoms with Crippen molar-refractivity contribution < 1.29 is 9.59 Å². The summed E-state index contributed by atoms with van der Waals surface area (Å²) in [6.45, 7) is 8.76. The van der Waals surface area contributed by atoms with Gasteiger partial charge in [0.1, 0.15) is 6.04 Å². The van der Waals surface area contributed by atoms with Gasteiger partial charge in [-0.25, -0.2) is 0 Å². The number of hydrogen-bond acceptors (Lipinski definition) is 4. The number of aryl methyl sites for hydroxylation is 1. The standard InChI is InChI=1S/C29H38N4O2/c1-4-10-22(2)21-33(27(34)20-31-19-24-15-17-30-18-16-24)28(26-14-9-8-11-23(26)3)29(35)32-25-12-6-5-7-13-25/h4,8-11,14-18,25,28,31H,1,5-7,12-13,19-21H2,2-3H3,(H,32,35). The van der Waals surface area contributed by atoms with Crippen LogP contribution in [-0.2, 0) is 16.1 Å². The highest BCUT2D eigenvalue weighted by molar-refractivity contribution is 5.90. The summed E-state index contributed by atoms with van der Waals surface area (Å²) in [5.41, 5.74) is 3.86. The molecule has 0 aliphatic heterocycles. The van der Waals surface area contributed by atoms with Crippen LogP contribution in [0, 0.1) is 6.92 Å². The number of allylic oxidation sites excluding steroid dienone is 2. The molecular weight excluding hydrogens is 436 g/mol. The lowest BCUT2D eigenvalue weighted by molar-refractivity contribution is -0.140. The molecule has 1 fully saturated rings. The minimum atomic E-state index is -0.707.